The molecular formula is C56H49BN2S. The summed E-state index contributed by atoms with van der Waals surface area (Å²) in [5, 5.41) is 10.6. The summed E-state index contributed by atoms with van der Waals surface area (Å²) in [4.78, 5) is 2.71. The molecular weight excluding hydrogens is 744 g/mol. The van der Waals surface area contributed by atoms with Gasteiger partial charge in [-0.1, -0.05) is 165 Å². The third-order valence-electron chi connectivity index (χ3n) is 13.8. The molecule has 0 radical (unpaired) electrons. The average Bonchev–Trinajstić information content (AvgIpc) is 3.83. The van der Waals surface area contributed by atoms with Crippen LogP contribution in [-0.2, 0) is 16.2 Å². The van der Waals surface area contributed by atoms with E-state index in [2.05, 4.69) is 205 Å². The Morgan fingerprint density at radius 3 is 1.90 bits per heavy atom. The number of anilines is 3. The summed E-state index contributed by atoms with van der Waals surface area (Å²) in [5.41, 5.74) is 15.9. The summed E-state index contributed by atoms with van der Waals surface area (Å²) in [5.74, 6) is 0. The minimum Gasteiger partial charge on any atom is -0.381 e. The van der Waals surface area contributed by atoms with Crippen LogP contribution in [-0.4, -0.2) is 11.3 Å². The van der Waals surface area contributed by atoms with Crippen LogP contribution in [0.15, 0.2) is 134 Å². The van der Waals surface area contributed by atoms with Gasteiger partial charge < -0.3 is 9.38 Å². The summed E-state index contributed by atoms with van der Waals surface area (Å²) in [6, 6.07) is 49.8. The number of thiophene rings is 1. The molecule has 2 nitrogen and oxygen atoms in total. The van der Waals surface area contributed by atoms with Crippen molar-refractivity contribution in [2.24, 2.45) is 0 Å². The van der Waals surface area contributed by atoms with Gasteiger partial charge >= 0.3 is 6.85 Å². The monoisotopic (exact) mass is 792 g/mol. The Kier molecular flexibility index (Phi) is 7.16. The molecule has 0 saturated heterocycles. The standard InChI is InChI=1S/C56H49BN2S/c1-54(2,3)36-21-17-32(18-22-36)43-31-37(55(4,5)6)23-26-44(43)59-51-42-25-20-35-30-38(56(7,8)9)29-34-19-24-40(47(42)46(34)35)48-41-15-12-13-33-27-28-58(50(33)41)57(49(48)51)53-52(59)39-14-10-11-16-45(39)60-53/h10-31H,1-9H3. The van der Waals surface area contributed by atoms with Crippen LogP contribution in [0.25, 0.3) is 75.6 Å². The van der Waals surface area contributed by atoms with Gasteiger partial charge in [-0.05, 0) is 107 Å². The van der Waals surface area contributed by atoms with E-state index >= 15 is 0 Å². The molecule has 0 atom stereocenters. The Morgan fingerprint density at radius 1 is 0.500 bits per heavy atom. The Labute approximate surface area is 357 Å². The summed E-state index contributed by atoms with van der Waals surface area (Å²) in [6.07, 6.45) is 2.35. The third kappa shape index (κ3) is 4.89. The van der Waals surface area contributed by atoms with Crippen molar-refractivity contribution < 1.29 is 0 Å². The molecule has 0 bridgehead atoms. The largest absolute Gasteiger partial charge is 0.381 e. The van der Waals surface area contributed by atoms with Crippen LogP contribution in [0.2, 0.25) is 0 Å². The molecule has 0 unspecified atom stereocenters. The van der Waals surface area contributed by atoms with Crippen molar-refractivity contribution in [3.05, 3.63) is 150 Å². The SMILES string of the molecule is CC(C)(C)c1ccc(-c2cc(C(C)(C)C)ccc2N2c3c(sc4ccccc34)B3c4c(c5ccc6cc(C(C)(C)C)cc7ccc(c42)c5c67)-c2cccc4ccn3c24)cc1. The van der Waals surface area contributed by atoms with Crippen molar-refractivity contribution in [1.29, 1.82) is 0 Å². The first-order valence-electron chi connectivity index (χ1n) is 21.6. The molecule has 0 N–H and O–H groups in total. The van der Waals surface area contributed by atoms with Crippen LogP contribution in [0.3, 0.4) is 0 Å². The fraction of sp³-hybridized carbons (Fsp3) is 0.214. The van der Waals surface area contributed by atoms with Gasteiger partial charge in [-0.2, -0.15) is 0 Å². The lowest BCUT2D eigenvalue weighted by atomic mass is 9.48. The van der Waals surface area contributed by atoms with Gasteiger partial charge in [-0.25, -0.2) is 0 Å². The number of hydrogen-bond donors (Lipinski definition) is 0. The van der Waals surface area contributed by atoms with Gasteiger partial charge in [0.25, 0.3) is 0 Å². The van der Waals surface area contributed by atoms with Gasteiger partial charge in [0.15, 0.2) is 0 Å². The van der Waals surface area contributed by atoms with Crippen LogP contribution >= 0.6 is 11.3 Å². The Balaban J connectivity index is 1.28. The molecule has 2 aromatic heterocycles. The number of para-hydroxylation sites is 1. The van der Waals surface area contributed by atoms with E-state index in [1.807, 2.05) is 11.3 Å². The summed E-state index contributed by atoms with van der Waals surface area (Å²) in [7, 11) is 0. The van der Waals surface area contributed by atoms with E-state index in [9.17, 15) is 0 Å². The molecule has 0 amide bonds. The van der Waals surface area contributed by atoms with Crippen molar-refractivity contribution in [3.63, 3.8) is 0 Å². The minimum absolute atomic E-state index is 0.0204. The maximum Gasteiger partial charge on any atom is 0.343 e. The van der Waals surface area contributed by atoms with Gasteiger partial charge in [-0.3, -0.25) is 0 Å². The van der Waals surface area contributed by atoms with Crippen molar-refractivity contribution in [2.75, 3.05) is 4.90 Å². The van der Waals surface area contributed by atoms with Gasteiger partial charge in [0, 0.05) is 42.3 Å². The number of aromatic nitrogens is 1. The lowest BCUT2D eigenvalue weighted by Crippen LogP contribution is -2.55. The summed E-state index contributed by atoms with van der Waals surface area (Å²) in [6.45, 7) is 20.9. The number of fused-ring (bicyclic) bond motifs is 8. The highest BCUT2D eigenvalue weighted by molar-refractivity contribution is 7.31. The van der Waals surface area contributed by atoms with Crippen LogP contribution < -0.4 is 15.1 Å². The Bertz CT molecular complexity index is 3410. The molecule has 12 rings (SSSR count). The third-order valence-corrected chi connectivity index (χ3v) is 15.0. The molecule has 0 spiro atoms. The second-order valence-electron chi connectivity index (χ2n) is 20.6. The molecule has 0 aliphatic carbocycles. The minimum atomic E-state index is -0.0204. The Morgan fingerprint density at radius 2 is 1.18 bits per heavy atom. The highest BCUT2D eigenvalue weighted by Crippen LogP contribution is 2.54. The van der Waals surface area contributed by atoms with Crippen LogP contribution in [0.4, 0.5) is 17.1 Å². The van der Waals surface area contributed by atoms with Gasteiger partial charge in [-0.15, -0.1) is 11.3 Å². The van der Waals surface area contributed by atoms with Gasteiger partial charge in [0.1, 0.15) is 0 Å². The first-order valence-corrected chi connectivity index (χ1v) is 22.4. The van der Waals surface area contributed by atoms with Crippen LogP contribution in [0, 0.1) is 0 Å². The smallest absolute Gasteiger partial charge is 0.343 e. The number of hydrogen-bond acceptors (Lipinski definition) is 2. The zero-order chi connectivity index (χ0) is 41.2. The molecule has 2 aliphatic heterocycles. The van der Waals surface area contributed by atoms with E-state index in [0.29, 0.717) is 0 Å². The first-order chi connectivity index (χ1) is 28.7. The maximum atomic E-state index is 2.71. The van der Waals surface area contributed by atoms with Gasteiger partial charge in [0.2, 0.25) is 0 Å². The predicted octanol–water partition coefficient (Wildman–Crippen LogP) is 14.7. The van der Waals surface area contributed by atoms with E-state index < -0.39 is 0 Å². The lowest BCUT2D eigenvalue weighted by molar-refractivity contribution is 0.590. The second kappa shape index (κ2) is 11.9. The highest BCUT2D eigenvalue weighted by atomic mass is 32.1. The van der Waals surface area contributed by atoms with Crippen molar-refractivity contribution in [2.45, 2.75) is 78.6 Å². The van der Waals surface area contributed by atoms with E-state index in [0.717, 1.165) is 0 Å². The second-order valence-corrected chi connectivity index (χ2v) is 21.7. The van der Waals surface area contributed by atoms with E-state index in [-0.39, 0.29) is 23.1 Å². The summed E-state index contributed by atoms with van der Waals surface area (Å²) < 4.78 is 5.32. The van der Waals surface area contributed by atoms with E-state index in [1.165, 1.54) is 120 Å². The lowest BCUT2D eigenvalue weighted by Gasteiger charge is -2.41. The first kappa shape index (κ1) is 36.1. The Hall–Kier alpha value is -5.84. The molecule has 292 valence electrons. The normalized spacial score (nSPS) is 14.0. The molecule has 8 aromatic carbocycles. The molecule has 4 heteroatoms. The fourth-order valence-corrected chi connectivity index (χ4v) is 11.9. The number of nitrogens with zero attached hydrogens (tertiary/aromatic N) is 2. The topological polar surface area (TPSA) is 8.17 Å². The number of benzene rings is 8. The van der Waals surface area contributed by atoms with Crippen molar-refractivity contribution in [1.82, 2.24) is 4.48 Å². The highest BCUT2D eigenvalue weighted by Gasteiger charge is 2.46. The molecule has 2 aliphatic rings. The maximum absolute atomic E-state index is 2.71. The zero-order valence-electron chi connectivity index (χ0n) is 36.1. The predicted molar refractivity (Wildman–Crippen MR) is 263 cm³/mol. The summed E-state index contributed by atoms with van der Waals surface area (Å²) >= 11 is 1.97. The van der Waals surface area contributed by atoms with Crippen LogP contribution in [0.1, 0.15) is 79.0 Å². The van der Waals surface area contributed by atoms with E-state index in [1.54, 1.807) is 0 Å². The number of rotatable bonds is 2. The van der Waals surface area contributed by atoms with Crippen molar-refractivity contribution >= 4 is 98.8 Å². The average molecular weight is 793 g/mol. The fourth-order valence-electron chi connectivity index (χ4n) is 10.6. The molecule has 0 fully saturated rings. The quantitative estimate of drug-likeness (QED) is 0.125. The molecule has 10 aromatic rings. The van der Waals surface area contributed by atoms with Gasteiger partial charge in [0.05, 0.1) is 17.1 Å². The van der Waals surface area contributed by atoms with Crippen molar-refractivity contribution in [3.8, 4) is 22.3 Å². The molecule has 4 heterocycles. The van der Waals surface area contributed by atoms with Crippen LogP contribution in [0.5, 0.6) is 0 Å². The molecule has 0 saturated carbocycles. The molecule has 60 heavy (non-hydrogen) atoms. The zero-order valence-corrected chi connectivity index (χ0v) is 36.9. The van der Waals surface area contributed by atoms with E-state index in [4.69, 9.17) is 0 Å².